The van der Waals surface area contributed by atoms with Crippen molar-refractivity contribution < 1.29 is 28.3 Å². The smallest absolute Gasteiger partial charge is 0.310 e. The van der Waals surface area contributed by atoms with Crippen molar-refractivity contribution in [3.8, 4) is 5.75 Å². The van der Waals surface area contributed by atoms with Gasteiger partial charge in [0.1, 0.15) is 17.3 Å². The molecule has 34 heavy (non-hydrogen) atoms. The minimum absolute atomic E-state index is 0.0172. The summed E-state index contributed by atoms with van der Waals surface area (Å²) < 4.78 is 29.4. The van der Waals surface area contributed by atoms with E-state index >= 15 is 4.39 Å². The zero-order valence-electron chi connectivity index (χ0n) is 18.3. The summed E-state index contributed by atoms with van der Waals surface area (Å²) in [7, 11) is 1.28. The molecule has 1 aromatic heterocycles. The summed E-state index contributed by atoms with van der Waals surface area (Å²) in [6.45, 7) is -0.443. The van der Waals surface area contributed by atoms with E-state index in [1.165, 1.54) is 31.3 Å². The number of halogens is 2. The first-order valence-corrected chi connectivity index (χ1v) is 10.7. The van der Waals surface area contributed by atoms with Crippen LogP contribution in [-0.4, -0.2) is 45.1 Å². The molecule has 1 fully saturated rings. The molecule has 180 valence electrons. The van der Waals surface area contributed by atoms with Crippen LogP contribution in [0.25, 0.3) is 0 Å². The van der Waals surface area contributed by atoms with Gasteiger partial charge in [0.05, 0.1) is 12.1 Å². The predicted molar refractivity (Wildman–Crippen MR) is 114 cm³/mol. The van der Waals surface area contributed by atoms with Crippen molar-refractivity contribution in [2.24, 2.45) is 0 Å². The van der Waals surface area contributed by atoms with Crippen LogP contribution in [0.1, 0.15) is 47.6 Å². The normalized spacial score (nSPS) is 22.9. The number of nitrogens with zero attached hydrogens (tertiary/aromatic N) is 2. The van der Waals surface area contributed by atoms with Gasteiger partial charge in [-0.15, -0.1) is 0 Å². The fourth-order valence-corrected chi connectivity index (χ4v) is 4.44. The average Bonchev–Trinajstić information content (AvgIpc) is 3.02. The van der Waals surface area contributed by atoms with Gasteiger partial charge in [-0.25, -0.2) is 13.8 Å². The molecule has 0 saturated heterocycles. The molecule has 0 radical (unpaired) electrons. The first-order chi connectivity index (χ1) is 16.1. The van der Waals surface area contributed by atoms with Crippen LogP contribution in [0.2, 0.25) is 0 Å². The van der Waals surface area contributed by atoms with Gasteiger partial charge in [-0.3, -0.25) is 23.7 Å². The third-order valence-electron chi connectivity index (χ3n) is 6.38. The van der Waals surface area contributed by atoms with Crippen LogP contribution in [0.5, 0.6) is 5.75 Å². The second-order valence-electron chi connectivity index (χ2n) is 8.60. The Bertz CT molecular complexity index is 1220. The van der Waals surface area contributed by atoms with Crippen LogP contribution < -0.4 is 21.5 Å². The van der Waals surface area contributed by atoms with Gasteiger partial charge in [-0.05, 0) is 43.4 Å². The van der Waals surface area contributed by atoms with Crippen molar-refractivity contribution in [2.75, 3.05) is 7.05 Å². The molecule has 5 rings (SSSR count). The fraction of sp³-hybridized carbons (Fsp3) is 0.409. The van der Waals surface area contributed by atoms with Gasteiger partial charge in [0.15, 0.2) is 5.69 Å². The van der Waals surface area contributed by atoms with Gasteiger partial charge in [0.25, 0.3) is 11.5 Å². The zero-order valence-corrected chi connectivity index (χ0v) is 18.3. The number of carbonyl (C=O) groups excluding carboxylic acids is 3. The highest BCUT2D eigenvalue weighted by atomic mass is 19.1. The van der Waals surface area contributed by atoms with Crippen LogP contribution in [-0.2, 0) is 28.2 Å². The maximum Gasteiger partial charge on any atom is 0.310 e. The number of rotatable bonds is 4. The lowest BCUT2D eigenvalue weighted by molar-refractivity contribution is -0.140. The highest BCUT2D eigenvalue weighted by Crippen LogP contribution is 2.46. The Labute approximate surface area is 192 Å². The lowest BCUT2D eigenvalue weighted by atomic mass is 9.76. The lowest BCUT2D eigenvalue weighted by Crippen LogP contribution is -2.54. The van der Waals surface area contributed by atoms with Gasteiger partial charge >= 0.3 is 11.8 Å². The molecule has 10 nitrogen and oxygen atoms in total. The van der Waals surface area contributed by atoms with E-state index in [4.69, 9.17) is 0 Å². The maximum absolute atomic E-state index is 15.4. The number of amides is 3. The molecule has 4 N–H and O–H groups in total. The van der Waals surface area contributed by atoms with Gasteiger partial charge in [0.2, 0.25) is 5.75 Å². The average molecular weight is 475 g/mol. The van der Waals surface area contributed by atoms with Crippen LogP contribution in [0, 0.1) is 5.82 Å². The largest absolute Gasteiger partial charge is 0.501 e. The summed E-state index contributed by atoms with van der Waals surface area (Å²) in [6.07, 6.45) is 0.0491. The number of nitrogens with one attached hydrogen (secondary N) is 3. The van der Waals surface area contributed by atoms with Crippen LogP contribution in [0.4, 0.5) is 8.78 Å². The summed E-state index contributed by atoms with van der Waals surface area (Å²) in [5.74, 6) is -4.32. The molecule has 2 aliphatic heterocycles. The van der Waals surface area contributed by atoms with E-state index in [1.54, 1.807) is 0 Å². The summed E-state index contributed by atoms with van der Waals surface area (Å²) in [5.41, 5.74) is -4.20. The quantitative estimate of drug-likeness (QED) is 0.471. The minimum atomic E-state index is -1.77. The third-order valence-corrected chi connectivity index (χ3v) is 6.38. The summed E-state index contributed by atoms with van der Waals surface area (Å²) in [5, 5.41) is 17.7. The lowest BCUT2D eigenvalue weighted by Gasteiger charge is -2.38. The molecule has 3 amide bonds. The highest BCUT2D eigenvalue weighted by molar-refractivity contribution is 6.35. The number of aromatic nitrogens is 2. The molecule has 1 aliphatic carbocycles. The number of fused-ring (bicyclic) bond motifs is 2. The molecule has 0 atom stereocenters. The van der Waals surface area contributed by atoms with Crippen LogP contribution in [0.15, 0.2) is 29.1 Å². The molecular weight excluding hydrogens is 452 g/mol. The molecule has 1 saturated carbocycles. The highest BCUT2D eigenvalue weighted by Gasteiger charge is 2.52. The molecule has 3 heterocycles. The van der Waals surface area contributed by atoms with Crippen molar-refractivity contribution in [2.45, 2.75) is 50.0 Å². The molecule has 2 bridgehead atoms. The van der Waals surface area contributed by atoms with Gasteiger partial charge in [0, 0.05) is 13.6 Å². The monoisotopic (exact) mass is 475 g/mol. The van der Waals surface area contributed by atoms with Crippen molar-refractivity contribution in [3.05, 3.63) is 57.5 Å². The Balaban J connectivity index is 1.73. The Hall–Kier alpha value is -3.83. The van der Waals surface area contributed by atoms with Crippen molar-refractivity contribution >= 4 is 17.7 Å². The number of hydrogen-bond acceptors (Lipinski definition) is 6. The number of carbonyl (C=O) groups is 3. The number of hydrogen-bond donors (Lipinski definition) is 4. The fourth-order valence-electron chi connectivity index (χ4n) is 4.44. The summed E-state index contributed by atoms with van der Waals surface area (Å²) >= 11 is 0. The zero-order chi connectivity index (χ0) is 24.7. The maximum atomic E-state index is 15.4. The van der Waals surface area contributed by atoms with Crippen molar-refractivity contribution in [1.29, 1.82) is 0 Å². The Morgan fingerprint density at radius 3 is 2.38 bits per heavy atom. The van der Waals surface area contributed by atoms with E-state index in [1.807, 2.05) is 0 Å². The Kier molecular flexibility index (Phi) is 5.84. The molecule has 2 aromatic rings. The topological polar surface area (TPSA) is 142 Å². The minimum Gasteiger partial charge on any atom is -0.501 e. The van der Waals surface area contributed by atoms with Gasteiger partial charge in [-0.1, -0.05) is 12.1 Å². The number of benzene rings is 1. The molecular formula is C22H23F2N5O5. The Morgan fingerprint density at radius 1 is 1.12 bits per heavy atom. The van der Waals surface area contributed by atoms with Crippen molar-refractivity contribution in [1.82, 2.24) is 25.5 Å². The first-order valence-electron chi connectivity index (χ1n) is 10.7. The van der Waals surface area contributed by atoms with E-state index in [0.29, 0.717) is 5.56 Å². The van der Waals surface area contributed by atoms with Crippen molar-refractivity contribution in [3.63, 3.8) is 0 Å². The number of aromatic hydroxyl groups is 1. The molecule has 0 unspecified atom stereocenters. The number of likely N-dealkylation sites (N-methyl/N-ethyl adjacent to an activating group) is 1. The molecule has 3 aliphatic rings. The molecule has 1 aromatic carbocycles. The van der Waals surface area contributed by atoms with Crippen LogP contribution >= 0.6 is 0 Å². The van der Waals surface area contributed by atoms with Crippen LogP contribution in [0.3, 0.4) is 0 Å². The second-order valence-corrected chi connectivity index (χ2v) is 8.60. The third kappa shape index (κ3) is 4.11. The summed E-state index contributed by atoms with van der Waals surface area (Å²) in [6, 6.07) is 5.34. The number of alkyl halides is 1. The molecule has 0 spiro atoms. The van der Waals surface area contributed by atoms with Gasteiger partial charge in [-0.2, -0.15) is 0 Å². The summed E-state index contributed by atoms with van der Waals surface area (Å²) in [4.78, 5) is 54.2. The standard InChI is InChI=1S/C22H23F2N5O5/c1-25-17(32)18(33)28-22-8-6-21(24,7-9-22)11-29-19(34)15(30)14(27-20(22)29)16(31)26-10-12-2-4-13(23)5-3-12/h2-5,30H,6-11H2,1H3,(H,25,32)(H,26,31)(H,28,33). The van der Waals surface area contributed by atoms with E-state index in [2.05, 4.69) is 20.9 Å². The molecule has 12 heteroatoms. The second kappa shape index (κ2) is 8.50. The Morgan fingerprint density at radius 2 is 1.76 bits per heavy atom. The van der Waals surface area contributed by atoms with E-state index < -0.39 is 58.3 Å². The SMILES string of the molecule is CNC(=O)C(=O)NC12CCC(F)(CC1)Cn1c2nc(C(=O)NCc2ccc(F)cc2)c(O)c1=O. The van der Waals surface area contributed by atoms with Gasteiger partial charge < -0.3 is 21.1 Å². The predicted octanol–water partition coefficient (Wildman–Crippen LogP) is 0.371. The van der Waals surface area contributed by atoms with E-state index in [9.17, 15) is 28.7 Å². The first kappa shape index (κ1) is 23.3. The van der Waals surface area contributed by atoms with E-state index in [0.717, 1.165) is 4.57 Å². The van der Waals surface area contributed by atoms with E-state index in [-0.39, 0.29) is 38.1 Å².